The zero-order valence-corrected chi connectivity index (χ0v) is 12.2. The number of nitrogens with one attached hydrogen (secondary N) is 1. The summed E-state index contributed by atoms with van der Waals surface area (Å²) in [6.07, 6.45) is 3.77. The summed E-state index contributed by atoms with van der Waals surface area (Å²) in [4.78, 5) is 17.5. The lowest BCUT2D eigenvalue weighted by Crippen LogP contribution is -2.59. The van der Waals surface area contributed by atoms with E-state index in [9.17, 15) is 10.1 Å². The third kappa shape index (κ3) is 2.39. The molecule has 6 nitrogen and oxygen atoms in total. The summed E-state index contributed by atoms with van der Waals surface area (Å²) in [5.41, 5.74) is 0.922. The lowest BCUT2D eigenvalue weighted by atomic mass is 9.94. The number of piperazine rings is 1. The maximum Gasteiger partial charge on any atom is 0.270 e. The number of pyridine rings is 1. The lowest BCUT2D eigenvalue weighted by Gasteiger charge is -2.43. The van der Waals surface area contributed by atoms with Crippen molar-refractivity contribution in [2.75, 3.05) is 18.0 Å². The normalized spacial score (nSPS) is 24.5. The van der Waals surface area contributed by atoms with Crippen LogP contribution in [0.25, 0.3) is 10.9 Å². The minimum atomic E-state index is -0.370. The number of benzene rings is 1. The van der Waals surface area contributed by atoms with Crippen LogP contribution in [-0.4, -0.2) is 35.1 Å². The molecule has 0 saturated carbocycles. The van der Waals surface area contributed by atoms with Crippen LogP contribution in [0.5, 0.6) is 0 Å². The Morgan fingerprint density at radius 1 is 1.18 bits per heavy atom. The predicted octanol–water partition coefficient (Wildman–Crippen LogP) is 2.47. The minimum absolute atomic E-state index is 0.110. The first kappa shape index (κ1) is 13.5. The molecule has 0 unspecified atom stereocenters. The van der Waals surface area contributed by atoms with Gasteiger partial charge in [-0.1, -0.05) is 6.42 Å². The predicted molar refractivity (Wildman–Crippen MR) is 85.2 cm³/mol. The Morgan fingerprint density at radius 3 is 2.68 bits per heavy atom. The van der Waals surface area contributed by atoms with Crippen LogP contribution in [0.15, 0.2) is 30.3 Å². The first-order chi connectivity index (χ1) is 10.7. The molecule has 2 aliphatic rings. The van der Waals surface area contributed by atoms with Gasteiger partial charge in [0.1, 0.15) is 5.82 Å². The Kier molecular flexibility index (Phi) is 3.18. The summed E-state index contributed by atoms with van der Waals surface area (Å²) in [6, 6.07) is 9.86. The molecule has 0 spiro atoms. The van der Waals surface area contributed by atoms with Gasteiger partial charge < -0.3 is 10.2 Å². The van der Waals surface area contributed by atoms with Crippen molar-refractivity contribution in [1.29, 1.82) is 0 Å². The number of fused-ring (bicyclic) bond motifs is 3. The van der Waals surface area contributed by atoms with E-state index in [-0.39, 0.29) is 10.6 Å². The number of anilines is 1. The number of nitro benzene ring substituents is 1. The number of non-ortho nitro benzene ring substituents is 1. The molecular formula is C16H18N4O2. The van der Waals surface area contributed by atoms with Crippen LogP contribution in [0.3, 0.4) is 0 Å². The highest BCUT2D eigenvalue weighted by Crippen LogP contribution is 2.26. The number of rotatable bonds is 2. The Labute approximate surface area is 128 Å². The van der Waals surface area contributed by atoms with E-state index in [0.29, 0.717) is 12.1 Å². The highest BCUT2D eigenvalue weighted by atomic mass is 16.6. The fourth-order valence-corrected chi connectivity index (χ4v) is 3.58. The van der Waals surface area contributed by atoms with Crippen LogP contribution >= 0.6 is 0 Å². The van der Waals surface area contributed by atoms with E-state index in [1.54, 1.807) is 12.1 Å². The molecule has 2 fully saturated rings. The number of nitro groups is 1. The molecule has 2 aliphatic heterocycles. The molecule has 3 heterocycles. The van der Waals surface area contributed by atoms with Crippen LogP contribution in [0.1, 0.15) is 19.3 Å². The largest absolute Gasteiger partial charge is 0.353 e. The Hall–Kier alpha value is -2.21. The molecule has 6 heteroatoms. The number of nitrogens with zero attached hydrogens (tertiary/aromatic N) is 3. The molecule has 2 atom stereocenters. The van der Waals surface area contributed by atoms with Gasteiger partial charge in [0.15, 0.2) is 0 Å². The van der Waals surface area contributed by atoms with Crippen molar-refractivity contribution >= 4 is 22.4 Å². The second kappa shape index (κ2) is 5.21. The van der Waals surface area contributed by atoms with Gasteiger partial charge in [-0.15, -0.1) is 0 Å². The monoisotopic (exact) mass is 298 g/mol. The Morgan fingerprint density at radius 2 is 1.95 bits per heavy atom. The Bertz CT molecular complexity index is 721. The highest BCUT2D eigenvalue weighted by Gasteiger charge is 2.30. The molecule has 1 N–H and O–H groups in total. The maximum absolute atomic E-state index is 10.8. The molecule has 114 valence electrons. The van der Waals surface area contributed by atoms with Gasteiger partial charge in [0.25, 0.3) is 5.69 Å². The third-order valence-electron chi connectivity index (χ3n) is 4.65. The van der Waals surface area contributed by atoms with Crippen molar-refractivity contribution in [1.82, 2.24) is 10.3 Å². The SMILES string of the molecule is O=[N+]([O-])c1ccc2nc(N3C[C@H]4CCC[C@@H](C3)N4)ccc2c1. The molecule has 0 aliphatic carbocycles. The number of aromatic nitrogens is 1. The van der Waals surface area contributed by atoms with Crippen molar-refractivity contribution in [3.63, 3.8) is 0 Å². The molecule has 2 aromatic rings. The highest BCUT2D eigenvalue weighted by molar-refractivity contribution is 5.82. The average Bonchev–Trinajstić information content (AvgIpc) is 2.53. The van der Waals surface area contributed by atoms with Crippen molar-refractivity contribution < 1.29 is 4.92 Å². The van der Waals surface area contributed by atoms with Crippen molar-refractivity contribution in [3.8, 4) is 0 Å². The topological polar surface area (TPSA) is 71.3 Å². The molecule has 0 amide bonds. The average molecular weight is 298 g/mol. The molecule has 2 saturated heterocycles. The van der Waals surface area contributed by atoms with Crippen molar-refractivity contribution in [3.05, 3.63) is 40.4 Å². The number of hydrogen-bond acceptors (Lipinski definition) is 5. The molecule has 2 bridgehead atoms. The summed E-state index contributed by atoms with van der Waals surface area (Å²) in [6.45, 7) is 1.98. The quantitative estimate of drug-likeness (QED) is 0.681. The van der Waals surface area contributed by atoms with Gasteiger partial charge in [-0.2, -0.15) is 0 Å². The second-order valence-corrected chi connectivity index (χ2v) is 6.20. The molecule has 22 heavy (non-hydrogen) atoms. The van der Waals surface area contributed by atoms with Crippen molar-refractivity contribution in [2.24, 2.45) is 0 Å². The molecule has 4 rings (SSSR count). The van der Waals surface area contributed by atoms with Gasteiger partial charge in [-0.05, 0) is 31.0 Å². The molecule has 1 aromatic carbocycles. The van der Waals surface area contributed by atoms with E-state index in [1.807, 2.05) is 12.1 Å². The van der Waals surface area contributed by atoms with Crippen LogP contribution in [-0.2, 0) is 0 Å². The van der Waals surface area contributed by atoms with Gasteiger partial charge in [0, 0.05) is 42.7 Å². The van der Waals surface area contributed by atoms with E-state index < -0.39 is 0 Å². The summed E-state index contributed by atoms with van der Waals surface area (Å²) in [5.74, 6) is 0.972. The van der Waals surface area contributed by atoms with E-state index in [2.05, 4.69) is 10.2 Å². The van der Waals surface area contributed by atoms with Crippen LogP contribution < -0.4 is 10.2 Å². The van der Waals surface area contributed by atoms with Crippen LogP contribution in [0, 0.1) is 10.1 Å². The summed E-state index contributed by atoms with van der Waals surface area (Å²) in [7, 11) is 0. The third-order valence-corrected chi connectivity index (χ3v) is 4.65. The zero-order chi connectivity index (χ0) is 15.1. The fraction of sp³-hybridized carbons (Fsp3) is 0.438. The van der Waals surface area contributed by atoms with Crippen LogP contribution in [0.2, 0.25) is 0 Å². The van der Waals surface area contributed by atoms with E-state index in [0.717, 1.165) is 29.8 Å². The lowest BCUT2D eigenvalue weighted by molar-refractivity contribution is -0.384. The van der Waals surface area contributed by atoms with Gasteiger partial charge >= 0.3 is 0 Å². The minimum Gasteiger partial charge on any atom is -0.353 e. The van der Waals surface area contributed by atoms with Crippen molar-refractivity contribution in [2.45, 2.75) is 31.3 Å². The molecule has 1 aromatic heterocycles. The smallest absolute Gasteiger partial charge is 0.270 e. The summed E-state index contributed by atoms with van der Waals surface area (Å²) < 4.78 is 0. The second-order valence-electron chi connectivity index (χ2n) is 6.20. The first-order valence-electron chi connectivity index (χ1n) is 7.75. The van der Waals surface area contributed by atoms with E-state index in [4.69, 9.17) is 4.98 Å². The van der Waals surface area contributed by atoms with Gasteiger partial charge in [-0.25, -0.2) is 4.98 Å². The standard InChI is InChI=1S/C16H18N4O2/c21-20(22)14-5-6-15-11(8-14)4-7-16(18-15)19-9-12-2-1-3-13(10-19)17-12/h4-8,12-13,17H,1-3,9-10H2/t12-,13+. The zero-order valence-electron chi connectivity index (χ0n) is 12.2. The number of piperidine rings is 1. The van der Waals surface area contributed by atoms with Gasteiger partial charge in [0.05, 0.1) is 10.4 Å². The van der Waals surface area contributed by atoms with E-state index in [1.165, 1.54) is 25.3 Å². The van der Waals surface area contributed by atoms with Gasteiger partial charge in [0.2, 0.25) is 0 Å². The molecule has 0 radical (unpaired) electrons. The van der Waals surface area contributed by atoms with Gasteiger partial charge in [-0.3, -0.25) is 10.1 Å². The fourth-order valence-electron chi connectivity index (χ4n) is 3.58. The summed E-state index contributed by atoms with van der Waals surface area (Å²) >= 11 is 0. The first-order valence-corrected chi connectivity index (χ1v) is 7.75. The maximum atomic E-state index is 10.8. The number of hydrogen-bond donors (Lipinski definition) is 1. The summed E-state index contributed by atoms with van der Waals surface area (Å²) in [5, 5.41) is 15.3. The van der Waals surface area contributed by atoms with E-state index >= 15 is 0 Å². The Balaban J connectivity index is 1.65. The molecular weight excluding hydrogens is 280 g/mol. The van der Waals surface area contributed by atoms with Crippen LogP contribution in [0.4, 0.5) is 11.5 Å².